The second-order valence-electron chi connectivity index (χ2n) is 7.81. The quantitative estimate of drug-likeness (QED) is 0.883. The molecule has 0 spiro atoms. The predicted molar refractivity (Wildman–Crippen MR) is 108 cm³/mol. The van der Waals surface area contributed by atoms with Gasteiger partial charge in [-0.1, -0.05) is 25.1 Å². The largest absolute Gasteiger partial charge is 0.334 e. The lowest BCUT2D eigenvalue weighted by atomic mass is 10.0. The molecule has 0 unspecified atom stereocenters. The number of hydrogen-bond donors (Lipinski definition) is 1. The van der Waals surface area contributed by atoms with Gasteiger partial charge in [0.25, 0.3) is 5.91 Å². The highest BCUT2D eigenvalue weighted by Crippen LogP contribution is 2.30. The van der Waals surface area contributed by atoms with Gasteiger partial charge in [-0.05, 0) is 70.2 Å². The van der Waals surface area contributed by atoms with E-state index in [-0.39, 0.29) is 5.91 Å². The number of rotatable bonds is 5. The molecule has 5 heteroatoms. The number of amides is 1. The number of aromatic nitrogens is 2. The van der Waals surface area contributed by atoms with Gasteiger partial charge in [0.2, 0.25) is 0 Å². The van der Waals surface area contributed by atoms with E-state index in [1.165, 1.54) is 16.8 Å². The molecule has 1 amide bonds. The molecule has 4 rings (SSSR count). The smallest absolute Gasteiger partial charge is 0.274 e. The number of nitrogens with zero attached hydrogens (tertiary/aromatic N) is 3. The Balaban J connectivity index is 1.71. The Kier molecular flexibility index (Phi) is 5.30. The lowest BCUT2D eigenvalue weighted by molar-refractivity contribution is 0.0635. The number of hydrogen-bond acceptors (Lipinski definition) is 3. The first-order valence-electron chi connectivity index (χ1n) is 10.4. The van der Waals surface area contributed by atoms with Crippen molar-refractivity contribution in [2.45, 2.75) is 58.4 Å². The van der Waals surface area contributed by atoms with Crippen molar-refractivity contribution in [3.05, 3.63) is 46.8 Å². The Morgan fingerprint density at radius 3 is 2.78 bits per heavy atom. The van der Waals surface area contributed by atoms with E-state index in [0.29, 0.717) is 11.7 Å². The summed E-state index contributed by atoms with van der Waals surface area (Å²) < 4.78 is 2.04. The number of nitrogens with one attached hydrogen (secondary N) is 1. The zero-order valence-electron chi connectivity index (χ0n) is 16.5. The van der Waals surface area contributed by atoms with Crippen molar-refractivity contribution < 1.29 is 4.79 Å². The Morgan fingerprint density at radius 2 is 2.04 bits per heavy atom. The van der Waals surface area contributed by atoms with Crippen molar-refractivity contribution in [2.24, 2.45) is 0 Å². The summed E-state index contributed by atoms with van der Waals surface area (Å²) >= 11 is 0. The highest BCUT2D eigenvalue weighted by molar-refractivity contribution is 5.94. The van der Waals surface area contributed by atoms with Crippen molar-refractivity contribution in [1.82, 2.24) is 20.0 Å². The molecule has 1 aromatic heterocycles. The maximum absolute atomic E-state index is 13.6. The van der Waals surface area contributed by atoms with Crippen LogP contribution in [0, 0.1) is 6.92 Å². The second-order valence-corrected chi connectivity index (χ2v) is 7.81. The van der Waals surface area contributed by atoms with Crippen molar-refractivity contribution in [3.63, 3.8) is 0 Å². The van der Waals surface area contributed by atoms with Gasteiger partial charge in [0, 0.05) is 23.8 Å². The first-order chi connectivity index (χ1) is 13.2. The summed E-state index contributed by atoms with van der Waals surface area (Å²) in [5, 5.41) is 8.28. The second kappa shape index (κ2) is 7.85. The van der Waals surface area contributed by atoms with Gasteiger partial charge >= 0.3 is 0 Å². The van der Waals surface area contributed by atoms with Gasteiger partial charge in [0.1, 0.15) is 0 Å². The molecule has 1 aromatic carbocycles. The summed E-state index contributed by atoms with van der Waals surface area (Å²) in [5.41, 5.74) is 5.39. The molecular formula is C22H30N4O. The first kappa shape index (κ1) is 18.2. The van der Waals surface area contributed by atoms with Crippen LogP contribution in [0.3, 0.4) is 0 Å². The van der Waals surface area contributed by atoms with Crippen LogP contribution in [0.15, 0.2) is 24.3 Å². The van der Waals surface area contributed by atoms with Gasteiger partial charge in [0.05, 0.1) is 5.69 Å². The fraction of sp³-hybridized carbons (Fsp3) is 0.545. The molecule has 144 valence electrons. The van der Waals surface area contributed by atoms with Crippen molar-refractivity contribution in [2.75, 3.05) is 19.6 Å². The number of piperidine rings is 1. The maximum Gasteiger partial charge on any atom is 0.274 e. The molecule has 2 heterocycles. The molecule has 2 aromatic rings. The van der Waals surface area contributed by atoms with Gasteiger partial charge in [-0.25, -0.2) is 4.68 Å². The molecule has 1 aliphatic heterocycles. The average Bonchev–Trinajstić information content (AvgIpc) is 3.30. The van der Waals surface area contributed by atoms with Gasteiger partial charge < -0.3 is 10.2 Å². The molecule has 5 nitrogen and oxygen atoms in total. The van der Waals surface area contributed by atoms with Crippen molar-refractivity contribution >= 4 is 5.91 Å². The van der Waals surface area contributed by atoms with Gasteiger partial charge in [0.15, 0.2) is 5.69 Å². The Labute approximate surface area is 161 Å². The molecule has 0 bridgehead atoms. The van der Waals surface area contributed by atoms with Gasteiger partial charge in [-0.3, -0.25) is 4.79 Å². The topological polar surface area (TPSA) is 50.2 Å². The van der Waals surface area contributed by atoms with E-state index in [4.69, 9.17) is 5.10 Å². The van der Waals surface area contributed by atoms with Crippen LogP contribution in [-0.2, 0) is 12.8 Å². The van der Waals surface area contributed by atoms with Gasteiger partial charge in [-0.2, -0.15) is 5.10 Å². The van der Waals surface area contributed by atoms with Crippen LogP contribution in [0.4, 0.5) is 0 Å². The third-order valence-corrected chi connectivity index (χ3v) is 5.95. The number of aryl methyl sites for hydroxylation is 1. The molecule has 1 N–H and O–H groups in total. The van der Waals surface area contributed by atoms with E-state index in [0.717, 1.165) is 63.8 Å². The molecule has 1 fully saturated rings. The molecule has 0 radical (unpaired) electrons. The van der Waals surface area contributed by atoms with E-state index < -0.39 is 0 Å². The van der Waals surface area contributed by atoms with Crippen molar-refractivity contribution in [1.29, 1.82) is 0 Å². The van der Waals surface area contributed by atoms with E-state index in [2.05, 4.69) is 42.3 Å². The summed E-state index contributed by atoms with van der Waals surface area (Å²) in [5.74, 6) is 0.134. The first-order valence-corrected chi connectivity index (χ1v) is 10.4. The lowest BCUT2D eigenvalue weighted by Crippen LogP contribution is -2.46. The Bertz CT molecular complexity index is 820. The molecular weight excluding hydrogens is 336 g/mol. The zero-order valence-corrected chi connectivity index (χ0v) is 16.5. The van der Waals surface area contributed by atoms with Crippen molar-refractivity contribution in [3.8, 4) is 5.69 Å². The van der Waals surface area contributed by atoms with Crippen LogP contribution in [0.25, 0.3) is 5.69 Å². The Morgan fingerprint density at radius 1 is 1.26 bits per heavy atom. The molecule has 0 atom stereocenters. The number of para-hydroxylation sites is 1. The highest BCUT2D eigenvalue weighted by Gasteiger charge is 2.32. The van der Waals surface area contributed by atoms with E-state index in [1.807, 2.05) is 10.7 Å². The maximum atomic E-state index is 13.6. The SMILES string of the molecule is CCCN(C(=O)c1nn(-c2ccccc2C)c2c1CCC2)C1CCNCC1. The Hall–Kier alpha value is -2.14. The normalized spacial score (nSPS) is 17.1. The number of fused-ring (bicyclic) bond motifs is 1. The molecule has 27 heavy (non-hydrogen) atoms. The summed E-state index contributed by atoms with van der Waals surface area (Å²) in [6, 6.07) is 8.64. The number of carbonyl (C=O) groups excluding carboxylic acids is 1. The minimum absolute atomic E-state index is 0.134. The zero-order chi connectivity index (χ0) is 18.8. The van der Waals surface area contributed by atoms with Gasteiger partial charge in [-0.15, -0.1) is 0 Å². The molecule has 0 saturated carbocycles. The third kappa shape index (κ3) is 3.41. The molecule has 1 saturated heterocycles. The standard InChI is InChI=1S/C22H30N4O/c1-3-15-25(17-11-13-23-14-12-17)22(27)21-18-8-6-10-20(18)26(24-21)19-9-5-4-7-16(19)2/h4-5,7,9,17,23H,3,6,8,10-15H2,1-2H3. The summed E-state index contributed by atoms with van der Waals surface area (Å²) in [7, 11) is 0. The minimum Gasteiger partial charge on any atom is -0.334 e. The summed E-state index contributed by atoms with van der Waals surface area (Å²) in [6.07, 6.45) is 6.13. The minimum atomic E-state index is 0.134. The fourth-order valence-electron chi connectivity index (χ4n) is 4.55. The van der Waals surface area contributed by atoms with Crippen LogP contribution in [0.1, 0.15) is 59.9 Å². The average molecular weight is 367 g/mol. The molecule has 1 aliphatic carbocycles. The van der Waals surface area contributed by atoms with E-state index >= 15 is 0 Å². The van der Waals surface area contributed by atoms with E-state index in [9.17, 15) is 4.79 Å². The fourth-order valence-corrected chi connectivity index (χ4v) is 4.55. The monoisotopic (exact) mass is 366 g/mol. The number of carbonyl (C=O) groups is 1. The van der Waals surface area contributed by atoms with Crippen LogP contribution in [0.5, 0.6) is 0 Å². The van der Waals surface area contributed by atoms with E-state index in [1.54, 1.807) is 0 Å². The highest BCUT2D eigenvalue weighted by atomic mass is 16.2. The number of benzene rings is 1. The predicted octanol–water partition coefficient (Wildman–Crippen LogP) is 3.27. The molecule has 2 aliphatic rings. The van der Waals surface area contributed by atoms with Crippen LogP contribution in [-0.4, -0.2) is 46.3 Å². The lowest BCUT2D eigenvalue weighted by Gasteiger charge is -2.34. The van der Waals surface area contributed by atoms with Crippen LogP contribution < -0.4 is 5.32 Å². The summed E-state index contributed by atoms with van der Waals surface area (Å²) in [6.45, 7) is 7.06. The summed E-state index contributed by atoms with van der Waals surface area (Å²) in [4.78, 5) is 15.7. The third-order valence-electron chi connectivity index (χ3n) is 5.95. The van der Waals surface area contributed by atoms with Crippen LogP contribution >= 0.6 is 0 Å². The van der Waals surface area contributed by atoms with Crippen LogP contribution in [0.2, 0.25) is 0 Å².